The van der Waals surface area contributed by atoms with Gasteiger partial charge in [-0.1, -0.05) is 0 Å². The van der Waals surface area contributed by atoms with E-state index >= 15 is 0 Å². The molecular weight excluding hydrogens is 367 g/mol. The van der Waals surface area contributed by atoms with Crippen LogP contribution >= 0.6 is 27.3 Å². The molecule has 0 fully saturated rings. The van der Waals surface area contributed by atoms with Crippen LogP contribution in [0, 0.1) is 12.7 Å². The molecule has 0 unspecified atom stereocenters. The van der Waals surface area contributed by atoms with Crippen molar-refractivity contribution in [1.29, 1.82) is 0 Å². The van der Waals surface area contributed by atoms with Crippen LogP contribution in [0.5, 0.6) is 0 Å². The summed E-state index contributed by atoms with van der Waals surface area (Å²) in [5, 5.41) is 2.70. The molecule has 0 aliphatic carbocycles. The summed E-state index contributed by atoms with van der Waals surface area (Å²) in [6.45, 7) is 2.04. The maximum Gasteiger partial charge on any atom is 0.244 e. The molecule has 0 amide bonds. The largest absolute Gasteiger partial charge is 0.245 e. The highest BCUT2D eigenvalue weighted by molar-refractivity contribution is 9.10. The lowest BCUT2D eigenvalue weighted by Gasteiger charge is -2.17. The number of aryl methyl sites for hydroxylation is 1. The molecule has 2 rings (SSSR count). The number of hydrogen-bond acceptors (Lipinski definition) is 4. The van der Waals surface area contributed by atoms with Crippen LogP contribution in [-0.4, -0.2) is 24.8 Å². The summed E-state index contributed by atoms with van der Waals surface area (Å²) in [7, 11) is -2.22. The predicted octanol–water partition coefficient (Wildman–Crippen LogP) is 3.17. The SMILES string of the molecule is Cc1nc(CN(C)S(=O)(=O)c2ccc(F)cc2Br)cs1. The lowest BCUT2D eigenvalue weighted by molar-refractivity contribution is 0.462. The van der Waals surface area contributed by atoms with Crippen molar-refractivity contribution in [3.63, 3.8) is 0 Å². The van der Waals surface area contributed by atoms with Gasteiger partial charge in [0.05, 0.1) is 22.1 Å². The third kappa shape index (κ3) is 3.25. The van der Waals surface area contributed by atoms with Crippen molar-refractivity contribution >= 4 is 37.3 Å². The van der Waals surface area contributed by atoms with E-state index in [1.165, 1.54) is 28.8 Å². The average Bonchev–Trinajstić information content (AvgIpc) is 2.74. The van der Waals surface area contributed by atoms with E-state index in [4.69, 9.17) is 0 Å². The Morgan fingerprint density at radius 2 is 2.15 bits per heavy atom. The summed E-state index contributed by atoms with van der Waals surface area (Å²) in [6, 6.07) is 3.50. The number of hydrogen-bond donors (Lipinski definition) is 0. The van der Waals surface area contributed by atoms with Gasteiger partial charge < -0.3 is 0 Å². The van der Waals surface area contributed by atoms with Gasteiger partial charge in [0.15, 0.2) is 0 Å². The van der Waals surface area contributed by atoms with Crippen LogP contribution in [0.3, 0.4) is 0 Å². The van der Waals surface area contributed by atoms with Crippen LogP contribution in [0.15, 0.2) is 32.9 Å². The molecule has 4 nitrogen and oxygen atoms in total. The molecule has 0 aliphatic heterocycles. The summed E-state index contributed by atoms with van der Waals surface area (Å²) in [4.78, 5) is 4.27. The van der Waals surface area contributed by atoms with E-state index in [0.717, 1.165) is 17.1 Å². The van der Waals surface area contributed by atoms with Gasteiger partial charge in [-0.3, -0.25) is 0 Å². The lowest BCUT2D eigenvalue weighted by atomic mass is 10.3. The molecule has 0 radical (unpaired) electrons. The number of nitrogens with zero attached hydrogens (tertiary/aromatic N) is 2. The van der Waals surface area contributed by atoms with E-state index in [1.54, 1.807) is 0 Å². The Balaban J connectivity index is 2.29. The van der Waals surface area contributed by atoms with Crippen molar-refractivity contribution in [2.45, 2.75) is 18.4 Å². The van der Waals surface area contributed by atoms with E-state index in [0.29, 0.717) is 5.69 Å². The van der Waals surface area contributed by atoms with E-state index in [9.17, 15) is 12.8 Å². The maximum atomic E-state index is 13.0. The van der Waals surface area contributed by atoms with Crippen LogP contribution in [0.4, 0.5) is 4.39 Å². The van der Waals surface area contributed by atoms with E-state index in [1.807, 2.05) is 12.3 Å². The zero-order chi connectivity index (χ0) is 14.9. The summed E-state index contributed by atoms with van der Waals surface area (Å²) >= 11 is 4.55. The van der Waals surface area contributed by atoms with Gasteiger partial charge in [-0.2, -0.15) is 4.31 Å². The number of halogens is 2. The highest BCUT2D eigenvalue weighted by Gasteiger charge is 2.24. The first-order valence-electron chi connectivity index (χ1n) is 5.63. The molecule has 1 aromatic carbocycles. The van der Waals surface area contributed by atoms with E-state index < -0.39 is 15.8 Å². The Labute approximate surface area is 129 Å². The minimum Gasteiger partial charge on any atom is -0.245 e. The fourth-order valence-electron chi connectivity index (χ4n) is 1.65. The molecule has 20 heavy (non-hydrogen) atoms. The molecule has 8 heteroatoms. The predicted molar refractivity (Wildman–Crippen MR) is 79.6 cm³/mol. The summed E-state index contributed by atoms with van der Waals surface area (Å²) < 4.78 is 39.3. The average molecular weight is 379 g/mol. The minimum absolute atomic E-state index is 0.0355. The fourth-order valence-corrected chi connectivity index (χ4v) is 4.40. The van der Waals surface area contributed by atoms with Gasteiger partial charge in [0.1, 0.15) is 5.82 Å². The standard InChI is InChI=1S/C12H12BrFN2O2S2/c1-8-15-10(7-19-8)6-16(2)20(17,18)12-4-3-9(14)5-11(12)13/h3-5,7H,6H2,1-2H3. The molecule has 0 N–H and O–H groups in total. The highest BCUT2D eigenvalue weighted by Crippen LogP contribution is 2.26. The highest BCUT2D eigenvalue weighted by atomic mass is 79.9. The molecule has 0 aliphatic rings. The zero-order valence-electron chi connectivity index (χ0n) is 10.8. The Morgan fingerprint density at radius 3 is 2.70 bits per heavy atom. The van der Waals surface area contributed by atoms with Crippen molar-refractivity contribution in [3.05, 3.63) is 44.6 Å². The quantitative estimate of drug-likeness (QED) is 0.820. The molecule has 0 atom stereocenters. The Bertz CT molecular complexity index is 731. The molecule has 1 heterocycles. The van der Waals surface area contributed by atoms with Crippen molar-refractivity contribution in [3.8, 4) is 0 Å². The van der Waals surface area contributed by atoms with Crippen LogP contribution in [-0.2, 0) is 16.6 Å². The van der Waals surface area contributed by atoms with E-state index in [-0.39, 0.29) is 15.9 Å². The fraction of sp³-hybridized carbons (Fsp3) is 0.250. The lowest BCUT2D eigenvalue weighted by Crippen LogP contribution is -2.27. The van der Waals surface area contributed by atoms with E-state index in [2.05, 4.69) is 20.9 Å². The molecule has 0 saturated carbocycles. The topological polar surface area (TPSA) is 50.3 Å². The first-order chi connectivity index (χ1) is 9.30. The molecule has 0 saturated heterocycles. The molecule has 108 valence electrons. The minimum atomic E-state index is -3.69. The van der Waals surface area contributed by atoms with Crippen molar-refractivity contribution in [2.75, 3.05) is 7.05 Å². The zero-order valence-corrected chi connectivity index (χ0v) is 14.0. The van der Waals surface area contributed by atoms with Gasteiger partial charge in [0, 0.05) is 16.9 Å². The molecular formula is C12H12BrFN2O2S2. The van der Waals surface area contributed by atoms with Crippen LogP contribution < -0.4 is 0 Å². The van der Waals surface area contributed by atoms with Crippen molar-refractivity contribution < 1.29 is 12.8 Å². The van der Waals surface area contributed by atoms with Crippen molar-refractivity contribution in [2.24, 2.45) is 0 Å². The first-order valence-corrected chi connectivity index (χ1v) is 8.74. The summed E-state index contributed by atoms with van der Waals surface area (Å²) in [5.41, 5.74) is 0.691. The van der Waals surface area contributed by atoms with Crippen LogP contribution in [0.1, 0.15) is 10.7 Å². The summed E-state index contributed by atoms with van der Waals surface area (Å²) in [5.74, 6) is -0.492. The molecule has 2 aromatic rings. The number of benzene rings is 1. The third-order valence-electron chi connectivity index (χ3n) is 2.63. The number of thiazole rings is 1. The second-order valence-corrected chi connectivity index (χ2v) is 8.12. The normalized spacial score (nSPS) is 12.1. The third-order valence-corrected chi connectivity index (χ3v) is 6.24. The second kappa shape index (κ2) is 5.88. The monoisotopic (exact) mass is 378 g/mol. The van der Waals surface area contributed by atoms with Gasteiger partial charge in [0.25, 0.3) is 0 Å². The van der Waals surface area contributed by atoms with Gasteiger partial charge in [0.2, 0.25) is 10.0 Å². The molecule has 1 aromatic heterocycles. The van der Waals surface area contributed by atoms with Gasteiger partial charge >= 0.3 is 0 Å². The number of aromatic nitrogens is 1. The first kappa shape index (κ1) is 15.6. The Kier molecular flexibility index (Phi) is 4.58. The van der Waals surface area contributed by atoms with Gasteiger partial charge in [-0.05, 0) is 41.1 Å². The van der Waals surface area contributed by atoms with Crippen LogP contribution in [0.25, 0.3) is 0 Å². The number of sulfonamides is 1. The summed E-state index contributed by atoms with van der Waals surface area (Å²) in [6.07, 6.45) is 0. The van der Waals surface area contributed by atoms with Gasteiger partial charge in [-0.25, -0.2) is 17.8 Å². The van der Waals surface area contributed by atoms with Gasteiger partial charge in [-0.15, -0.1) is 11.3 Å². The number of rotatable bonds is 4. The maximum absolute atomic E-state index is 13.0. The van der Waals surface area contributed by atoms with Crippen LogP contribution in [0.2, 0.25) is 0 Å². The molecule has 0 bridgehead atoms. The Morgan fingerprint density at radius 1 is 1.45 bits per heavy atom. The second-order valence-electron chi connectivity index (χ2n) is 4.19. The Hall–Kier alpha value is -0.830. The molecule has 0 spiro atoms. The van der Waals surface area contributed by atoms with Crippen molar-refractivity contribution in [1.82, 2.24) is 9.29 Å². The smallest absolute Gasteiger partial charge is 0.244 e.